The lowest BCUT2D eigenvalue weighted by molar-refractivity contribution is 0.291. The largest absolute Gasteiger partial charge is 0.308 e. The van der Waals surface area contributed by atoms with Crippen LogP contribution in [0.1, 0.15) is 38.8 Å². The highest BCUT2D eigenvalue weighted by molar-refractivity contribution is 5.18. The van der Waals surface area contributed by atoms with E-state index in [1.807, 2.05) is 0 Å². The number of rotatable bonds is 7. The predicted molar refractivity (Wildman–Crippen MR) is 79.8 cm³/mol. The second-order valence-corrected chi connectivity index (χ2v) is 5.89. The molecule has 0 aliphatic carbocycles. The third-order valence-electron chi connectivity index (χ3n) is 3.13. The number of hydrogen-bond donors (Lipinski definition) is 1. The van der Waals surface area contributed by atoms with E-state index in [0.29, 0.717) is 12.1 Å². The minimum Gasteiger partial charge on any atom is -0.308 e. The molecule has 0 aliphatic rings. The molecular weight excluding hydrogens is 220 g/mol. The quantitative estimate of drug-likeness (QED) is 0.796. The average molecular weight is 248 g/mol. The van der Waals surface area contributed by atoms with Gasteiger partial charge in [-0.15, -0.1) is 0 Å². The third kappa shape index (κ3) is 5.65. The maximum Gasteiger partial charge on any atom is 0.0294 e. The summed E-state index contributed by atoms with van der Waals surface area (Å²) >= 11 is 0. The van der Waals surface area contributed by atoms with Crippen LogP contribution < -0.4 is 5.32 Å². The van der Waals surface area contributed by atoms with Crippen LogP contribution in [0.3, 0.4) is 0 Å². The van der Waals surface area contributed by atoms with Crippen molar-refractivity contribution in [2.75, 3.05) is 20.6 Å². The molecule has 2 nitrogen and oxygen atoms in total. The Morgan fingerprint density at radius 3 is 2.17 bits per heavy atom. The molecule has 0 radical (unpaired) electrons. The maximum absolute atomic E-state index is 3.75. The van der Waals surface area contributed by atoms with Crippen molar-refractivity contribution in [2.24, 2.45) is 5.92 Å². The summed E-state index contributed by atoms with van der Waals surface area (Å²) in [6.45, 7) is 7.92. The smallest absolute Gasteiger partial charge is 0.0294 e. The normalized spacial score (nSPS) is 15.1. The summed E-state index contributed by atoms with van der Waals surface area (Å²) in [5.74, 6) is 0.727. The first-order valence-corrected chi connectivity index (χ1v) is 6.94. The van der Waals surface area contributed by atoms with Crippen LogP contribution in [-0.2, 0) is 0 Å². The van der Waals surface area contributed by atoms with Gasteiger partial charge < -0.3 is 10.2 Å². The fraction of sp³-hybridized carbons (Fsp3) is 0.625. The van der Waals surface area contributed by atoms with E-state index in [0.717, 1.165) is 12.5 Å². The van der Waals surface area contributed by atoms with Crippen molar-refractivity contribution in [1.29, 1.82) is 0 Å². The molecule has 1 aromatic rings. The first-order valence-electron chi connectivity index (χ1n) is 6.94. The Hall–Kier alpha value is -0.860. The molecule has 0 aliphatic heterocycles. The molecule has 1 N–H and O–H groups in total. The zero-order chi connectivity index (χ0) is 13.5. The fourth-order valence-electron chi connectivity index (χ4n) is 2.40. The minimum absolute atomic E-state index is 0.412. The van der Waals surface area contributed by atoms with Crippen molar-refractivity contribution in [3.05, 3.63) is 35.9 Å². The standard InChI is InChI=1S/C16H28N2/c1-13(2)11-16(12-18(4)5)17-14(3)15-9-7-6-8-10-15/h6-10,13-14,16-17H,11-12H2,1-5H3. The SMILES string of the molecule is CC(C)CC(CN(C)C)NC(C)c1ccccc1. The van der Waals surface area contributed by atoms with E-state index in [1.165, 1.54) is 12.0 Å². The van der Waals surface area contributed by atoms with E-state index in [9.17, 15) is 0 Å². The minimum atomic E-state index is 0.412. The van der Waals surface area contributed by atoms with Gasteiger partial charge >= 0.3 is 0 Å². The van der Waals surface area contributed by atoms with Gasteiger partial charge in [-0.3, -0.25) is 0 Å². The molecular formula is C16H28N2. The highest BCUT2D eigenvalue weighted by Crippen LogP contribution is 2.15. The van der Waals surface area contributed by atoms with Crippen molar-refractivity contribution < 1.29 is 0 Å². The van der Waals surface area contributed by atoms with Crippen LogP contribution in [0.5, 0.6) is 0 Å². The lowest BCUT2D eigenvalue weighted by Crippen LogP contribution is -2.40. The number of benzene rings is 1. The van der Waals surface area contributed by atoms with E-state index in [2.05, 4.69) is 75.4 Å². The number of nitrogens with zero attached hydrogens (tertiary/aromatic N) is 1. The molecule has 18 heavy (non-hydrogen) atoms. The molecule has 0 fully saturated rings. The highest BCUT2D eigenvalue weighted by atomic mass is 15.1. The molecule has 1 aromatic carbocycles. The summed E-state index contributed by atoms with van der Waals surface area (Å²) in [4.78, 5) is 2.26. The lowest BCUT2D eigenvalue weighted by atomic mass is 10.0. The van der Waals surface area contributed by atoms with Crippen LogP contribution >= 0.6 is 0 Å². The van der Waals surface area contributed by atoms with Crippen molar-refractivity contribution in [3.63, 3.8) is 0 Å². The zero-order valence-electron chi connectivity index (χ0n) is 12.5. The van der Waals surface area contributed by atoms with Gasteiger partial charge in [0.2, 0.25) is 0 Å². The van der Waals surface area contributed by atoms with Crippen LogP contribution in [-0.4, -0.2) is 31.6 Å². The van der Waals surface area contributed by atoms with Crippen LogP contribution in [0.2, 0.25) is 0 Å². The molecule has 0 aromatic heterocycles. The van der Waals surface area contributed by atoms with Gasteiger partial charge in [-0.05, 0) is 38.9 Å². The molecule has 0 spiro atoms. The maximum atomic E-state index is 3.75. The van der Waals surface area contributed by atoms with Crippen LogP contribution in [0.25, 0.3) is 0 Å². The fourth-order valence-corrected chi connectivity index (χ4v) is 2.40. The van der Waals surface area contributed by atoms with Crippen LogP contribution in [0.15, 0.2) is 30.3 Å². The molecule has 0 amide bonds. The highest BCUT2D eigenvalue weighted by Gasteiger charge is 2.15. The Kier molecular flexibility index (Phi) is 6.37. The molecule has 2 atom stereocenters. The third-order valence-corrected chi connectivity index (χ3v) is 3.13. The van der Waals surface area contributed by atoms with Crippen molar-refractivity contribution in [3.8, 4) is 0 Å². The Morgan fingerprint density at radius 1 is 1.06 bits per heavy atom. The Labute approximate surface area is 112 Å². The van der Waals surface area contributed by atoms with E-state index < -0.39 is 0 Å². The summed E-state index contributed by atoms with van der Waals surface area (Å²) in [5.41, 5.74) is 1.37. The summed E-state index contributed by atoms with van der Waals surface area (Å²) in [6, 6.07) is 11.6. The summed E-state index contributed by atoms with van der Waals surface area (Å²) in [5, 5.41) is 3.75. The van der Waals surface area contributed by atoms with Gasteiger partial charge in [0.15, 0.2) is 0 Å². The molecule has 0 heterocycles. The summed E-state index contributed by atoms with van der Waals surface area (Å²) < 4.78 is 0. The van der Waals surface area contributed by atoms with Gasteiger partial charge in [0, 0.05) is 18.6 Å². The lowest BCUT2D eigenvalue weighted by Gasteiger charge is -2.27. The van der Waals surface area contributed by atoms with Gasteiger partial charge in [0.1, 0.15) is 0 Å². The Balaban J connectivity index is 2.59. The first-order chi connectivity index (χ1) is 8.49. The molecule has 102 valence electrons. The number of likely N-dealkylation sites (N-methyl/N-ethyl adjacent to an activating group) is 1. The van der Waals surface area contributed by atoms with E-state index in [1.54, 1.807) is 0 Å². The second-order valence-electron chi connectivity index (χ2n) is 5.89. The average Bonchev–Trinajstić information content (AvgIpc) is 2.28. The van der Waals surface area contributed by atoms with Crippen molar-refractivity contribution in [2.45, 2.75) is 39.3 Å². The predicted octanol–water partition coefficient (Wildman–Crippen LogP) is 3.31. The second kappa shape index (κ2) is 7.55. The number of nitrogens with one attached hydrogen (secondary N) is 1. The van der Waals surface area contributed by atoms with Crippen LogP contribution in [0, 0.1) is 5.92 Å². The first kappa shape index (κ1) is 15.2. The Bertz CT molecular complexity index is 309. The van der Waals surface area contributed by atoms with E-state index >= 15 is 0 Å². The molecule has 2 heteroatoms. The van der Waals surface area contributed by atoms with Gasteiger partial charge in [-0.25, -0.2) is 0 Å². The van der Waals surface area contributed by atoms with E-state index in [-0.39, 0.29) is 0 Å². The van der Waals surface area contributed by atoms with E-state index in [4.69, 9.17) is 0 Å². The molecule has 0 bridgehead atoms. The number of hydrogen-bond acceptors (Lipinski definition) is 2. The van der Waals surface area contributed by atoms with Gasteiger partial charge in [-0.1, -0.05) is 44.2 Å². The molecule has 0 saturated carbocycles. The molecule has 1 rings (SSSR count). The Morgan fingerprint density at radius 2 is 1.67 bits per heavy atom. The van der Waals surface area contributed by atoms with Gasteiger partial charge in [-0.2, -0.15) is 0 Å². The summed E-state index contributed by atoms with van der Waals surface area (Å²) in [7, 11) is 4.28. The zero-order valence-corrected chi connectivity index (χ0v) is 12.5. The van der Waals surface area contributed by atoms with Crippen molar-refractivity contribution in [1.82, 2.24) is 10.2 Å². The van der Waals surface area contributed by atoms with Crippen molar-refractivity contribution >= 4 is 0 Å². The summed E-state index contributed by atoms with van der Waals surface area (Å²) in [6.07, 6.45) is 1.22. The van der Waals surface area contributed by atoms with Gasteiger partial charge in [0.05, 0.1) is 0 Å². The topological polar surface area (TPSA) is 15.3 Å². The molecule has 2 unspecified atom stereocenters. The monoisotopic (exact) mass is 248 g/mol. The molecule has 0 saturated heterocycles. The van der Waals surface area contributed by atoms with Gasteiger partial charge in [0.25, 0.3) is 0 Å². The van der Waals surface area contributed by atoms with Crippen LogP contribution in [0.4, 0.5) is 0 Å².